The molecule has 0 unspecified atom stereocenters. The zero-order chi connectivity index (χ0) is 36.7. The van der Waals surface area contributed by atoms with E-state index in [1.54, 1.807) is 0 Å². The van der Waals surface area contributed by atoms with E-state index in [1.807, 2.05) is 6.20 Å². The van der Waals surface area contributed by atoms with Crippen LogP contribution < -0.4 is 0 Å². The molecule has 0 atom stereocenters. The van der Waals surface area contributed by atoms with Gasteiger partial charge in [-0.1, -0.05) is 164 Å². The Hall–Kier alpha value is -7.56. The van der Waals surface area contributed by atoms with Crippen molar-refractivity contribution in [3.8, 4) is 67.4 Å². The summed E-state index contributed by atoms with van der Waals surface area (Å²) in [5.74, 6) is 0.639. The molecular formula is C52H32N4. The van der Waals surface area contributed by atoms with E-state index in [4.69, 9.17) is 9.97 Å². The van der Waals surface area contributed by atoms with Gasteiger partial charge >= 0.3 is 0 Å². The lowest BCUT2D eigenvalue weighted by Crippen LogP contribution is -2.06. The SMILES string of the molecule is c1ccc(-c2ccc(-n3c4ccccc4c4ccc5c6ccccc6n(-c6ncc7c(n6)-c6ccccc6-c6ccccc6-c6ccccc6-7)c5c43)cc2)cc1. The summed E-state index contributed by atoms with van der Waals surface area (Å²) in [7, 11) is 0. The van der Waals surface area contributed by atoms with E-state index in [-0.39, 0.29) is 0 Å². The zero-order valence-corrected chi connectivity index (χ0v) is 30.3. The maximum absolute atomic E-state index is 5.62. The summed E-state index contributed by atoms with van der Waals surface area (Å²) in [5, 5.41) is 4.71. The van der Waals surface area contributed by atoms with Crippen LogP contribution in [0.1, 0.15) is 0 Å². The molecule has 0 bridgehead atoms. The van der Waals surface area contributed by atoms with Crippen LogP contribution in [0, 0.1) is 0 Å². The molecule has 3 aromatic heterocycles. The van der Waals surface area contributed by atoms with Gasteiger partial charge in [0.25, 0.3) is 0 Å². The largest absolute Gasteiger partial charge is 0.307 e. The molecule has 4 heteroatoms. The van der Waals surface area contributed by atoms with Crippen molar-refractivity contribution in [1.82, 2.24) is 19.1 Å². The lowest BCUT2D eigenvalue weighted by Gasteiger charge is -2.22. The minimum Gasteiger partial charge on any atom is -0.307 e. The minimum absolute atomic E-state index is 0.639. The van der Waals surface area contributed by atoms with Crippen molar-refractivity contribution in [3.05, 3.63) is 194 Å². The molecule has 1 aliphatic rings. The average Bonchev–Trinajstić information content (AvgIpc) is 3.79. The van der Waals surface area contributed by atoms with Crippen LogP contribution in [0.25, 0.3) is 111 Å². The van der Waals surface area contributed by atoms with Crippen LogP contribution in [-0.4, -0.2) is 19.1 Å². The van der Waals surface area contributed by atoms with E-state index in [9.17, 15) is 0 Å². The van der Waals surface area contributed by atoms with Crippen LogP contribution >= 0.6 is 0 Å². The number of benzene rings is 8. The highest BCUT2D eigenvalue weighted by Crippen LogP contribution is 2.47. The third kappa shape index (κ3) is 4.41. The number of hydrogen-bond acceptors (Lipinski definition) is 2. The number of para-hydroxylation sites is 2. The van der Waals surface area contributed by atoms with Gasteiger partial charge in [0.2, 0.25) is 5.95 Å². The molecule has 0 saturated heterocycles. The molecule has 8 aromatic carbocycles. The molecule has 56 heavy (non-hydrogen) atoms. The summed E-state index contributed by atoms with van der Waals surface area (Å²) in [6, 6.07) is 67.5. The number of aromatic nitrogens is 4. The summed E-state index contributed by atoms with van der Waals surface area (Å²) in [6.45, 7) is 0. The molecule has 3 heterocycles. The summed E-state index contributed by atoms with van der Waals surface area (Å²) >= 11 is 0. The normalized spacial score (nSPS) is 11.9. The average molecular weight is 713 g/mol. The number of fused-ring (bicyclic) bond motifs is 15. The maximum Gasteiger partial charge on any atom is 0.235 e. The molecular weight excluding hydrogens is 681 g/mol. The van der Waals surface area contributed by atoms with Crippen LogP contribution in [-0.2, 0) is 0 Å². The van der Waals surface area contributed by atoms with E-state index < -0.39 is 0 Å². The highest BCUT2D eigenvalue weighted by Gasteiger charge is 2.26. The van der Waals surface area contributed by atoms with Gasteiger partial charge < -0.3 is 4.57 Å². The van der Waals surface area contributed by atoms with Crippen molar-refractivity contribution in [3.63, 3.8) is 0 Å². The van der Waals surface area contributed by atoms with E-state index in [1.165, 1.54) is 38.6 Å². The Morgan fingerprint density at radius 2 is 0.768 bits per heavy atom. The lowest BCUT2D eigenvalue weighted by atomic mass is 9.83. The Morgan fingerprint density at radius 3 is 1.38 bits per heavy atom. The molecule has 0 aliphatic heterocycles. The van der Waals surface area contributed by atoms with Gasteiger partial charge in [0.15, 0.2) is 0 Å². The van der Waals surface area contributed by atoms with E-state index >= 15 is 0 Å². The van der Waals surface area contributed by atoms with Gasteiger partial charge in [-0.2, -0.15) is 0 Å². The van der Waals surface area contributed by atoms with Gasteiger partial charge in [-0.15, -0.1) is 0 Å². The number of hydrogen-bond donors (Lipinski definition) is 0. The predicted octanol–water partition coefficient (Wildman–Crippen LogP) is 13.3. The molecule has 0 radical (unpaired) electrons. The molecule has 0 N–H and O–H groups in total. The van der Waals surface area contributed by atoms with E-state index in [2.05, 4.69) is 197 Å². The highest BCUT2D eigenvalue weighted by atomic mass is 15.2. The van der Waals surface area contributed by atoms with Crippen LogP contribution in [0.15, 0.2) is 194 Å². The lowest BCUT2D eigenvalue weighted by molar-refractivity contribution is 0.993. The molecule has 0 spiro atoms. The molecule has 12 rings (SSSR count). The zero-order valence-electron chi connectivity index (χ0n) is 30.3. The van der Waals surface area contributed by atoms with Crippen LogP contribution in [0.4, 0.5) is 0 Å². The van der Waals surface area contributed by atoms with E-state index in [0.717, 1.165) is 66.5 Å². The van der Waals surface area contributed by atoms with Crippen LogP contribution in [0.3, 0.4) is 0 Å². The van der Waals surface area contributed by atoms with Gasteiger partial charge in [-0.25, -0.2) is 9.97 Å². The molecule has 0 amide bonds. The monoisotopic (exact) mass is 712 g/mol. The second-order valence-corrected chi connectivity index (χ2v) is 14.5. The van der Waals surface area contributed by atoms with Crippen molar-refractivity contribution in [1.29, 1.82) is 0 Å². The first kappa shape index (κ1) is 30.9. The molecule has 0 fully saturated rings. The van der Waals surface area contributed by atoms with Crippen LogP contribution in [0.2, 0.25) is 0 Å². The van der Waals surface area contributed by atoms with Crippen molar-refractivity contribution in [2.45, 2.75) is 0 Å². The number of rotatable bonds is 3. The number of nitrogens with zero attached hydrogens (tertiary/aromatic N) is 4. The first-order valence-corrected chi connectivity index (χ1v) is 19.1. The highest BCUT2D eigenvalue weighted by molar-refractivity contribution is 6.23. The maximum atomic E-state index is 5.62. The quantitative estimate of drug-likeness (QED) is 0.183. The topological polar surface area (TPSA) is 35.6 Å². The summed E-state index contributed by atoms with van der Waals surface area (Å²) < 4.78 is 4.72. The first-order valence-electron chi connectivity index (χ1n) is 19.1. The standard InChI is InChI=1S/C52H32N4/c1-2-14-33(15-3-1)34-26-28-35(29-27-34)55-47-24-12-10-21-41(47)44-30-31-45-42-22-11-13-25-48(42)56(51(45)50(44)55)52-53-32-46-40-20-7-6-18-38(40)36-16-4-5-17-37(36)39-19-8-9-23-43(39)49(46)54-52/h1-32H. The molecule has 1 aliphatic carbocycles. The third-order valence-corrected chi connectivity index (χ3v) is 11.6. The second kappa shape index (κ2) is 12.0. The fourth-order valence-electron chi connectivity index (χ4n) is 9.12. The molecule has 260 valence electrons. The predicted molar refractivity (Wildman–Crippen MR) is 231 cm³/mol. The van der Waals surface area contributed by atoms with Gasteiger partial charge in [0, 0.05) is 44.6 Å². The van der Waals surface area contributed by atoms with Gasteiger partial charge in [-0.05, 0) is 63.2 Å². The van der Waals surface area contributed by atoms with Crippen molar-refractivity contribution in [2.24, 2.45) is 0 Å². The van der Waals surface area contributed by atoms with Crippen molar-refractivity contribution < 1.29 is 0 Å². The Labute approximate surface area is 323 Å². The Kier molecular flexibility index (Phi) is 6.60. The Bertz CT molecular complexity index is 3350. The summed E-state index contributed by atoms with van der Waals surface area (Å²) in [5.41, 5.74) is 16.8. The Balaban J connectivity index is 1.18. The molecule has 0 saturated carbocycles. The summed E-state index contributed by atoms with van der Waals surface area (Å²) in [6.07, 6.45) is 2.04. The van der Waals surface area contributed by atoms with Gasteiger partial charge in [0.05, 0.1) is 27.8 Å². The second-order valence-electron chi connectivity index (χ2n) is 14.5. The van der Waals surface area contributed by atoms with Gasteiger partial charge in [-0.3, -0.25) is 4.57 Å². The third-order valence-electron chi connectivity index (χ3n) is 11.6. The minimum atomic E-state index is 0.639. The van der Waals surface area contributed by atoms with Crippen LogP contribution in [0.5, 0.6) is 0 Å². The fraction of sp³-hybridized carbons (Fsp3) is 0. The first-order chi connectivity index (χ1) is 27.8. The van der Waals surface area contributed by atoms with Crippen molar-refractivity contribution in [2.75, 3.05) is 0 Å². The molecule has 4 nitrogen and oxygen atoms in total. The van der Waals surface area contributed by atoms with E-state index in [0.29, 0.717) is 5.95 Å². The van der Waals surface area contributed by atoms with Gasteiger partial charge in [0.1, 0.15) is 0 Å². The fourth-order valence-corrected chi connectivity index (χ4v) is 9.12. The summed E-state index contributed by atoms with van der Waals surface area (Å²) in [4.78, 5) is 10.9. The van der Waals surface area contributed by atoms with Crippen molar-refractivity contribution >= 4 is 43.6 Å². The smallest absolute Gasteiger partial charge is 0.235 e. The Morgan fingerprint density at radius 1 is 0.321 bits per heavy atom. The molecule has 11 aromatic rings.